The van der Waals surface area contributed by atoms with Crippen molar-refractivity contribution < 1.29 is 9.59 Å². The van der Waals surface area contributed by atoms with Crippen LogP contribution in [-0.2, 0) is 9.59 Å². The van der Waals surface area contributed by atoms with Gasteiger partial charge in [-0.25, -0.2) is 4.98 Å². The van der Waals surface area contributed by atoms with Gasteiger partial charge in [0.2, 0.25) is 0 Å². The first-order valence-electron chi connectivity index (χ1n) is 4.60. The van der Waals surface area contributed by atoms with Crippen LogP contribution in [0.5, 0.6) is 0 Å². The number of imide groups is 1. The van der Waals surface area contributed by atoms with E-state index in [-0.39, 0.29) is 0 Å². The molecule has 16 heavy (non-hydrogen) atoms. The monoisotopic (exact) mass is 214 g/mol. The molecule has 3 heterocycles. The lowest BCUT2D eigenvalue weighted by Crippen LogP contribution is -2.22. The topological polar surface area (TPSA) is 76.4 Å². The maximum atomic E-state index is 11.5. The van der Waals surface area contributed by atoms with E-state index in [2.05, 4.69) is 15.3 Å². The van der Waals surface area contributed by atoms with E-state index in [1.54, 1.807) is 29.2 Å². The van der Waals surface area contributed by atoms with Crippen LogP contribution in [0.15, 0.2) is 30.9 Å². The smallest absolute Gasteiger partial charge is 0.260 e. The predicted molar refractivity (Wildman–Crippen MR) is 54.1 cm³/mol. The zero-order valence-electron chi connectivity index (χ0n) is 8.04. The Kier molecular flexibility index (Phi) is 1.64. The van der Waals surface area contributed by atoms with Crippen molar-refractivity contribution in [3.05, 3.63) is 36.6 Å². The number of aromatic nitrogens is 3. The van der Waals surface area contributed by atoms with Gasteiger partial charge in [0.15, 0.2) is 5.65 Å². The van der Waals surface area contributed by atoms with E-state index in [0.717, 1.165) is 0 Å². The molecule has 0 aliphatic carbocycles. The molecule has 0 fully saturated rings. The molecular formula is C10H6N4O2. The summed E-state index contributed by atoms with van der Waals surface area (Å²) in [5.74, 6) is -0.799. The van der Waals surface area contributed by atoms with Gasteiger partial charge in [0.05, 0.1) is 23.7 Å². The van der Waals surface area contributed by atoms with Crippen molar-refractivity contribution in [3.63, 3.8) is 0 Å². The molecule has 3 rings (SSSR count). The fraction of sp³-hybridized carbons (Fsp3) is 0. The second kappa shape index (κ2) is 2.99. The largest absolute Gasteiger partial charge is 0.297 e. The van der Waals surface area contributed by atoms with E-state index in [0.29, 0.717) is 16.9 Å². The number of amides is 2. The number of nitrogens with one attached hydrogen (secondary N) is 1. The summed E-state index contributed by atoms with van der Waals surface area (Å²) in [6, 6.07) is 0. The number of carbonyl (C=O) groups is 2. The summed E-state index contributed by atoms with van der Waals surface area (Å²) in [5, 5.41) is 2.19. The molecule has 6 nitrogen and oxygen atoms in total. The van der Waals surface area contributed by atoms with Crippen LogP contribution in [0.1, 0.15) is 5.69 Å². The first-order valence-corrected chi connectivity index (χ1v) is 4.60. The summed E-state index contributed by atoms with van der Waals surface area (Å²) in [4.78, 5) is 30.5. The van der Waals surface area contributed by atoms with Crippen molar-refractivity contribution in [1.82, 2.24) is 19.7 Å². The molecule has 0 unspecified atom stereocenters. The van der Waals surface area contributed by atoms with E-state index in [1.807, 2.05) is 0 Å². The molecule has 1 aliphatic heterocycles. The molecule has 0 radical (unpaired) electrons. The molecule has 0 aromatic carbocycles. The number of carbonyl (C=O) groups excluding carboxylic acids is 2. The third-order valence-corrected chi connectivity index (χ3v) is 2.35. The summed E-state index contributed by atoms with van der Waals surface area (Å²) < 4.78 is 1.71. The SMILES string of the molecule is O=C1C=C(c2cnc3cnccn23)C(=O)N1. The van der Waals surface area contributed by atoms with Gasteiger partial charge in [0, 0.05) is 18.5 Å². The third kappa shape index (κ3) is 1.13. The number of rotatable bonds is 1. The van der Waals surface area contributed by atoms with E-state index in [9.17, 15) is 9.59 Å². The molecule has 0 saturated carbocycles. The summed E-state index contributed by atoms with van der Waals surface area (Å²) in [6.45, 7) is 0. The van der Waals surface area contributed by atoms with Crippen LogP contribution in [0.25, 0.3) is 11.2 Å². The van der Waals surface area contributed by atoms with Crippen LogP contribution < -0.4 is 5.32 Å². The van der Waals surface area contributed by atoms with E-state index < -0.39 is 11.8 Å². The van der Waals surface area contributed by atoms with E-state index in [4.69, 9.17) is 0 Å². The number of fused-ring (bicyclic) bond motifs is 1. The molecule has 1 aliphatic rings. The Hall–Kier alpha value is -2.50. The first-order chi connectivity index (χ1) is 7.75. The Morgan fingerprint density at radius 2 is 2.12 bits per heavy atom. The van der Waals surface area contributed by atoms with Crippen LogP contribution in [-0.4, -0.2) is 26.2 Å². The summed E-state index contributed by atoms with van der Waals surface area (Å²) in [6.07, 6.45) is 7.67. The highest BCUT2D eigenvalue weighted by atomic mass is 16.2. The lowest BCUT2D eigenvalue weighted by molar-refractivity contribution is -0.123. The average molecular weight is 214 g/mol. The molecule has 6 heteroatoms. The Balaban J connectivity index is 2.24. The number of imidazole rings is 1. The minimum Gasteiger partial charge on any atom is -0.297 e. The highest BCUT2D eigenvalue weighted by Crippen LogP contribution is 2.18. The highest BCUT2D eigenvalue weighted by Gasteiger charge is 2.24. The first kappa shape index (κ1) is 8.78. The van der Waals surface area contributed by atoms with Gasteiger partial charge in [-0.1, -0.05) is 0 Å². The van der Waals surface area contributed by atoms with Crippen molar-refractivity contribution in [2.24, 2.45) is 0 Å². The van der Waals surface area contributed by atoms with Gasteiger partial charge in [-0.3, -0.25) is 24.3 Å². The van der Waals surface area contributed by atoms with Gasteiger partial charge in [-0.05, 0) is 0 Å². The van der Waals surface area contributed by atoms with Gasteiger partial charge < -0.3 is 0 Å². The zero-order valence-corrected chi connectivity index (χ0v) is 8.04. The fourth-order valence-electron chi connectivity index (χ4n) is 1.64. The fourth-order valence-corrected chi connectivity index (χ4v) is 1.64. The lowest BCUT2D eigenvalue weighted by Gasteiger charge is -1.99. The van der Waals surface area contributed by atoms with E-state index >= 15 is 0 Å². The molecule has 2 aromatic heterocycles. The van der Waals surface area contributed by atoms with Gasteiger partial charge in [-0.15, -0.1) is 0 Å². The molecule has 0 spiro atoms. The number of nitrogens with zero attached hydrogens (tertiary/aromatic N) is 3. The van der Waals surface area contributed by atoms with Crippen LogP contribution in [0.4, 0.5) is 0 Å². The lowest BCUT2D eigenvalue weighted by atomic mass is 10.2. The maximum Gasteiger partial charge on any atom is 0.260 e. The van der Waals surface area contributed by atoms with Crippen LogP contribution in [0.2, 0.25) is 0 Å². The molecule has 2 amide bonds. The Morgan fingerprint density at radius 1 is 1.25 bits per heavy atom. The van der Waals surface area contributed by atoms with Crippen LogP contribution in [0, 0.1) is 0 Å². The standard InChI is InChI=1S/C10H6N4O2/c15-9-3-6(10(16)13-9)7-4-12-8-5-11-1-2-14(7)8/h1-5H,(H,13,15,16). The van der Waals surface area contributed by atoms with Crippen LogP contribution >= 0.6 is 0 Å². The summed E-state index contributed by atoms with van der Waals surface area (Å²) >= 11 is 0. The minimum atomic E-state index is -0.399. The van der Waals surface area contributed by atoms with Crippen molar-refractivity contribution in [2.75, 3.05) is 0 Å². The number of hydrogen-bond donors (Lipinski definition) is 1. The molecule has 0 bridgehead atoms. The van der Waals surface area contributed by atoms with Gasteiger partial charge in [0.1, 0.15) is 0 Å². The normalized spacial score (nSPS) is 15.4. The average Bonchev–Trinajstić information content (AvgIpc) is 2.81. The van der Waals surface area contributed by atoms with Crippen molar-refractivity contribution in [2.45, 2.75) is 0 Å². The second-order valence-corrected chi connectivity index (χ2v) is 3.32. The Morgan fingerprint density at radius 3 is 2.88 bits per heavy atom. The van der Waals surface area contributed by atoms with Crippen molar-refractivity contribution >= 4 is 23.0 Å². The number of hydrogen-bond acceptors (Lipinski definition) is 4. The molecule has 1 N–H and O–H groups in total. The van der Waals surface area contributed by atoms with Gasteiger partial charge in [0.25, 0.3) is 11.8 Å². The maximum absolute atomic E-state index is 11.5. The molecule has 78 valence electrons. The quantitative estimate of drug-likeness (QED) is 0.665. The van der Waals surface area contributed by atoms with E-state index in [1.165, 1.54) is 6.08 Å². The molecule has 2 aromatic rings. The van der Waals surface area contributed by atoms with Crippen molar-refractivity contribution in [3.8, 4) is 0 Å². The minimum absolute atomic E-state index is 0.323. The third-order valence-electron chi connectivity index (χ3n) is 2.35. The molecular weight excluding hydrogens is 208 g/mol. The van der Waals surface area contributed by atoms with Crippen LogP contribution in [0.3, 0.4) is 0 Å². The summed E-state index contributed by atoms with van der Waals surface area (Å²) in [7, 11) is 0. The molecule has 0 saturated heterocycles. The predicted octanol–water partition coefficient (Wildman–Crippen LogP) is -0.231. The van der Waals surface area contributed by atoms with Gasteiger partial charge in [-0.2, -0.15) is 0 Å². The second-order valence-electron chi connectivity index (χ2n) is 3.32. The highest BCUT2D eigenvalue weighted by molar-refractivity contribution is 6.33. The Bertz CT molecular complexity index is 641. The zero-order chi connectivity index (χ0) is 11.1. The van der Waals surface area contributed by atoms with Gasteiger partial charge >= 0.3 is 0 Å². The summed E-state index contributed by atoms with van der Waals surface area (Å²) in [5.41, 5.74) is 1.54. The Labute approximate surface area is 89.6 Å². The molecule has 0 atom stereocenters. The van der Waals surface area contributed by atoms with Crippen molar-refractivity contribution in [1.29, 1.82) is 0 Å².